The van der Waals surface area contributed by atoms with Crippen molar-refractivity contribution >= 4 is 11.6 Å². The summed E-state index contributed by atoms with van der Waals surface area (Å²) in [5.74, 6) is 2.36. The average molecular weight is 285 g/mol. The van der Waals surface area contributed by atoms with E-state index in [0.717, 1.165) is 22.9 Å². The van der Waals surface area contributed by atoms with Crippen molar-refractivity contribution in [3.63, 3.8) is 0 Å². The summed E-state index contributed by atoms with van der Waals surface area (Å²) in [5, 5.41) is 2.70. The molecule has 0 fully saturated rings. The van der Waals surface area contributed by atoms with Crippen LogP contribution in [-0.2, 0) is 4.79 Å². The SMILES string of the molecule is O=C1COc2ccccc2N1.c1ccc2c(c1)OCCO2. The third-order valence-corrected chi connectivity index (χ3v) is 2.97. The Labute approximate surface area is 122 Å². The van der Waals surface area contributed by atoms with E-state index in [1.807, 2.05) is 48.5 Å². The van der Waals surface area contributed by atoms with Gasteiger partial charge in [-0.05, 0) is 24.3 Å². The number of fused-ring (bicyclic) bond motifs is 2. The average Bonchev–Trinajstić information content (AvgIpc) is 2.55. The lowest BCUT2D eigenvalue weighted by Gasteiger charge is -2.17. The molecule has 108 valence electrons. The first-order valence-corrected chi connectivity index (χ1v) is 6.69. The van der Waals surface area contributed by atoms with Gasteiger partial charge in [0, 0.05) is 0 Å². The molecule has 21 heavy (non-hydrogen) atoms. The van der Waals surface area contributed by atoms with E-state index in [-0.39, 0.29) is 12.5 Å². The summed E-state index contributed by atoms with van der Waals surface area (Å²) in [4.78, 5) is 10.8. The summed E-state index contributed by atoms with van der Waals surface area (Å²) in [6.45, 7) is 1.45. The van der Waals surface area contributed by atoms with Gasteiger partial charge in [0.25, 0.3) is 5.91 Å². The van der Waals surface area contributed by atoms with Crippen molar-refractivity contribution in [1.29, 1.82) is 0 Å². The molecular formula is C16H15NO4. The Bertz CT molecular complexity index is 617. The largest absolute Gasteiger partial charge is 0.486 e. The summed E-state index contributed by atoms with van der Waals surface area (Å²) in [7, 11) is 0. The number of nitrogens with one attached hydrogen (secondary N) is 1. The van der Waals surface area contributed by atoms with Crippen LogP contribution in [-0.4, -0.2) is 25.7 Å². The molecule has 0 aliphatic carbocycles. The minimum Gasteiger partial charge on any atom is -0.486 e. The Kier molecular flexibility index (Phi) is 3.91. The van der Waals surface area contributed by atoms with E-state index in [1.165, 1.54) is 0 Å². The van der Waals surface area contributed by atoms with Gasteiger partial charge in [-0.15, -0.1) is 0 Å². The molecule has 2 heterocycles. The van der Waals surface area contributed by atoms with Crippen LogP contribution < -0.4 is 19.5 Å². The number of para-hydroxylation sites is 4. The van der Waals surface area contributed by atoms with Gasteiger partial charge >= 0.3 is 0 Å². The van der Waals surface area contributed by atoms with E-state index in [9.17, 15) is 4.79 Å². The molecule has 0 spiro atoms. The number of amides is 1. The van der Waals surface area contributed by atoms with Gasteiger partial charge in [0.2, 0.25) is 0 Å². The fourth-order valence-electron chi connectivity index (χ4n) is 2.02. The zero-order chi connectivity index (χ0) is 14.5. The van der Waals surface area contributed by atoms with E-state index in [1.54, 1.807) is 0 Å². The molecule has 0 saturated carbocycles. The summed E-state index contributed by atoms with van der Waals surface area (Å²) in [6.07, 6.45) is 0. The number of anilines is 1. The highest BCUT2D eigenvalue weighted by molar-refractivity contribution is 5.95. The summed E-state index contributed by atoms with van der Waals surface area (Å²) >= 11 is 0. The molecule has 5 heteroatoms. The lowest BCUT2D eigenvalue weighted by atomic mass is 10.2. The highest BCUT2D eigenvalue weighted by Crippen LogP contribution is 2.28. The van der Waals surface area contributed by atoms with E-state index in [2.05, 4.69) is 5.32 Å². The number of ether oxygens (including phenoxy) is 3. The molecule has 2 aromatic carbocycles. The van der Waals surface area contributed by atoms with Gasteiger partial charge in [-0.1, -0.05) is 24.3 Å². The standard InChI is InChI=1S/C8H7NO2.C8H8O2/c10-8-5-11-7-4-2-1-3-6(7)9-8;1-2-4-8-7(3-1)9-5-6-10-8/h1-4H,5H2,(H,9,10);1-4H,5-6H2. The molecule has 1 amide bonds. The van der Waals surface area contributed by atoms with E-state index in [0.29, 0.717) is 13.2 Å². The topological polar surface area (TPSA) is 56.8 Å². The Morgan fingerprint density at radius 3 is 2.00 bits per heavy atom. The van der Waals surface area contributed by atoms with Crippen LogP contribution in [0.25, 0.3) is 0 Å². The lowest BCUT2D eigenvalue weighted by molar-refractivity contribution is -0.118. The molecule has 0 bridgehead atoms. The minimum atomic E-state index is -0.0938. The van der Waals surface area contributed by atoms with Crippen molar-refractivity contribution < 1.29 is 19.0 Å². The molecule has 0 aromatic heterocycles. The number of hydrogen-bond acceptors (Lipinski definition) is 4. The molecule has 0 unspecified atom stereocenters. The Morgan fingerprint density at radius 1 is 0.762 bits per heavy atom. The van der Waals surface area contributed by atoms with Crippen molar-refractivity contribution in [3.05, 3.63) is 48.5 Å². The zero-order valence-electron chi connectivity index (χ0n) is 11.4. The van der Waals surface area contributed by atoms with Gasteiger partial charge in [-0.3, -0.25) is 4.79 Å². The van der Waals surface area contributed by atoms with Crippen LogP contribution in [0, 0.1) is 0 Å². The number of benzene rings is 2. The highest BCUT2D eigenvalue weighted by Gasteiger charge is 2.13. The van der Waals surface area contributed by atoms with Crippen molar-refractivity contribution in [2.45, 2.75) is 0 Å². The molecule has 2 aliphatic rings. The normalized spacial score (nSPS) is 14.8. The number of carbonyl (C=O) groups is 1. The quantitative estimate of drug-likeness (QED) is 0.808. The maximum Gasteiger partial charge on any atom is 0.262 e. The predicted molar refractivity (Wildman–Crippen MR) is 78.0 cm³/mol. The molecular weight excluding hydrogens is 270 g/mol. The van der Waals surface area contributed by atoms with Crippen LogP contribution in [0.5, 0.6) is 17.2 Å². The third-order valence-electron chi connectivity index (χ3n) is 2.97. The zero-order valence-corrected chi connectivity index (χ0v) is 11.4. The fourth-order valence-corrected chi connectivity index (χ4v) is 2.02. The van der Waals surface area contributed by atoms with Gasteiger partial charge < -0.3 is 19.5 Å². The van der Waals surface area contributed by atoms with Crippen LogP contribution in [0.3, 0.4) is 0 Å². The molecule has 2 aliphatic heterocycles. The van der Waals surface area contributed by atoms with Crippen molar-refractivity contribution in [3.8, 4) is 17.2 Å². The molecule has 0 atom stereocenters. The highest BCUT2D eigenvalue weighted by atomic mass is 16.6. The third kappa shape index (κ3) is 3.25. The van der Waals surface area contributed by atoms with Crippen LogP contribution >= 0.6 is 0 Å². The molecule has 0 radical (unpaired) electrons. The monoisotopic (exact) mass is 285 g/mol. The molecule has 2 aromatic rings. The Hall–Kier alpha value is -2.69. The maximum absolute atomic E-state index is 10.8. The van der Waals surface area contributed by atoms with E-state index >= 15 is 0 Å². The van der Waals surface area contributed by atoms with Gasteiger partial charge in [-0.25, -0.2) is 0 Å². The first-order chi connectivity index (χ1) is 10.3. The molecule has 0 saturated heterocycles. The summed E-state index contributed by atoms with van der Waals surface area (Å²) in [5.41, 5.74) is 0.753. The maximum atomic E-state index is 10.8. The second-order valence-corrected chi connectivity index (χ2v) is 4.48. The van der Waals surface area contributed by atoms with Crippen LogP contribution in [0.2, 0.25) is 0 Å². The second-order valence-electron chi connectivity index (χ2n) is 4.48. The van der Waals surface area contributed by atoms with E-state index in [4.69, 9.17) is 14.2 Å². The smallest absolute Gasteiger partial charge is 0.262 e. The summed E-state index contributed by atoms with van der Waals surface area (Å²) in [6, 6.07) is 15.1. The van der Waals surface area contributed by atoms with Crippen molar-refractivity contribution in [2.24, 2.45) is 0 Å². The van der Waals surface area contributed by atoms with E-state index < -0.39 is 0 Å². The minimum absolute atomic E-state index is 0.0938. The van der Waals surface area contributed by atoms with Crippen molar-refractivity contribution in [1.82, 2.24) is 0 Å². The molecule has 4 rings (SSSR count). The predicted octanol–water partition coefficient (Wildman–Crippen LogP) is 2.48. The second kappa shape index (κ2) is 6.17. The van der Waals surface area contributed by atoms with Gasteiger partial charge in [0.1, 0.15) is 19.0 Å². The lowest BCUT2D eigenvalue weighted by Crippen LogP contribution is -2.25. The Balaban J connectivity index is 0.000000126. The van der Waals surface area contributed by atoms with Crippen LogP contribution in [0.4, 0.5) is 5.69 Å². The number of hydrogen-bond donors (Lipinski definition) is 1. The van der Waals surface area contributed by atoms with Crippen molar-refractivity contribution in [2.75, 3.05) is 25.1 Å². The number of carbonyl (C=O) groups excluding carboxylic acids is 1. The van der Waals surface area contributed by atoms with Gasteiger partial charge in [0.15, 0.2) is 18.1 Å². The first-order valence-electron chi connectivity index (χ1n) is 6.69. The first kappa shape index (κ1) is 13.3. The Morgan fingerprint density at radius 2 is 1.33 bits per heavy atom. The summed E-state index contributed by atoms with van der Waals surface area (Å²) < 4.78 is 15.7. The van der Waals surface area contributed by atoms with Crippen LogP contribution in [0.15, 0.2) is 48.5 Å². The van der Waals surface area contributed by atoms with Gasteiger partial charge in [-0.2, -0.15) is 0 Å². The van der Waals surface area contributed by atoms with Gasteiger partial charge in [0.05, 0.1) is 5.69 Å². The number of rotatable bonds is 0. The fraction of sp³-hybridized carbons (Fsp3) is 0.188. The molecule has 5 nitrogen and oxygen atoms in total. The molecule has 1 N–H and O–H groups in total. The van der Waals surface area contributed by atoms with Crippen LogP contribution in [0.1, 0.15) is 0 Å².